The zero-order valence-electron chi connectivity index (χ0n) is 10.4. The first kappa shape index (κ1) is 12.1. The fourth-order valence-electron chi connectivity index (χ4n) is 2.96. The Morgan fingerprint density at radius 1 is 1.00 bits per heavy atom. The van der Waals surface area contributed by atoms with Gasteiger partial charge in [-0.25, -0.2) is 0 Å². The summed E-state index contributed by atoms with van der Waals surface area (Å²) < 4.78 is 0. The lowest BCUT2D eigenvalue weighted by atomic mass is 9.53. The molecular weight excluding hydrogens is 167 g/mol. The molecule has 0 saturated heterocycles. The molecule has 1 aliphatic rings. The van der Waals surface area contributed by atoms with Gasteiger partial charge in [-0.15, -0.1) is 0 Å². The van der Waals surface area contributed by atoms with Gasteiger partial charge < -0.3 is 0 Å². The van der Waals surface area contributed by atoms with Crippen molar-refractivity contribution in [2.24, 2.45) is 5.92 Å². The van der Waals surface area contributed by atoms with Gasteiger partial charge in [-0.1, -0.05) is 77.4 Å². The van der Waals surface area contributed by atoms with Gasteiger partial charge in [0.1, 0.15) is 7.28 Å². The molecule has 0 amide bonds. The number of hydrogen-bond donors (Lipinski definition) is 0. The van der Waals surface area contributed by atoms with Crippen LogP contribution in [0.25, 0.3) is 0 Å². The maximum Gasteiger partial charge on any atom is 0.126 e. The van der Waals surface area contributed by atoms with E-state index in [2.05, 4.69) is 20.8 Å². The van der Waals surface area contributed by atoms with Crippen LogP contribution in [0.5, 0.6) is 0 Å². The van der Waals surface area contributed by atoms with Gasteiger partial charge in [-0.3, -0.25) is 0 Å². The molecule has 82 valence electrons. The topological polar surface area (TPSA) is 0 Å². The normalized spacial score (nSPS) is 30.6. The summed E-state index contributed by atoms with van der Waals surface area (Å²) in [5.74, 6) is 2.91. The molecule has 0 spiro atoms. The van der Waals surface area contributed by atoms with E-state index in [1.165, 1.54) is 52.2 Å². The minimum Gasteiger partial charge on any atom is -0.0710 e. The van der Waals surface area contributed by atoms with Gasteiger partial charge in [0.05, 0.1) is 0 Å². The van der Waals surface area contributed by atoms with Crippen molar-refractivity contribution < 1.29 is 0 Å². The van der Waals surface area contributed by atoms with E-state index >= 15 is 0 Å². The van der Waals surface area contributed by atoms with Crippen molar-refractivity contribution in [1.82, 2.24) is 0 Å². The highest BCUT2D eigenvalue weighted by Gasteiger charge is 2.17. The van der Waals surface area contributed by atoms with Crippen LogP contribution in [-0.4, -0.2) is 7.28 Å². The molecule has 0 aromatic heterocycles. The molecule has 2 unspecified atom stereocenters. The third-order valence-corrected chi connectivity index (χ3v) is 3.60. The predicted octanol–water partition coefficient (Wildman–Crippen LogP) is 4.42. The van der Waals surface area contributed by atoms with Crippen molar-refractivity contribution in [3.8, 4) is 0 Å². The van der Waals surface area contributed by atoms with Crippen LogP contribution in [0.15, 0.2) is 0 Å². The summed E-state index contributed by atoms with van der Waals surface area (Å²) in [5, 5.41) is 0. The first-order chi connectivity index (χ1) is 6.68. The van der Waals surface area contributed by atoms with Crippen LogP contribution in [0, 0.1) is 5.92 Å². The molecule has 0 bridgehead atoms. The van der Waals surface area contributed by atoms with Crippen molar-refractivity contribution in [3.05, 3.63) is 0 Å². The number of hydrogen-bond acceptors (Lipinski definition) is 0. The SMILES string of the molecule is CC(C)BC1CCCCCCC(C)C1. The second-order valence-corrected chi connectivity index (χ2v) is 5.83. The van der Waals surface area contributed by atoms with E-state index in [1.807, 2.05) is 0 Å². The largest absolute Gasteiger partial charge is 0.126 e. The summed E-state index contributed by atoms with van der Waals surface area (Å²) in [6, 6.07) is 0. The highest BCUT2D eigenvalue weighted by molar-refractivity contribution is 6.39. The smallest absolute Gasteiger partial charge is 0.0710 e. The lowest BCUT2D eigenvalue weighted by Gasteiger charge is -2.20. The fraction of sp³-hybridized carbons (Fsp3) is 1.00. The third-order valence-electron chi connectivity index (χ3n) is 3.60. The lowest BCUT2D eigenvalue weighted by molar-refractivity contribution is 0.462. The number of rotatable bonds is 2. The molecule has 2 atom stereocenters. The quantitative estimate of drug-likeness (QED) is 0.571. The average molecular weight is 194 g/mol. The van der Waals surface area contributed by atoms with Crippen LogP contribution >= 0.6 is 0 Å². The van der Waals surface area contributed by atoms with Crippen LogP contribution in [-0.2, 0) is 0 Å². The van der Waals surface area contributed by atoms with Gasteiger partial charge in [0.15, 0.2) is 0 Å². The summed E-state index contributed by atoms with van der Waals surface area (Å²) in [7, 11) is 1.46. The predicted molar refractivity (Wildman–Crippen MR) is 67.5 cm³/mol. The zero-order chi connectivity index (χ0) is 10.4. The van der Waals surface area contributed by atoms with Gasteiger partial charge in [-0.05, 0) is 5.92 Å². The van der Waals surface area contributed by atoms with E-state index in [4.69, 9.17) is 0 Å². The van der Waals surface area contributed by atoms with Crippen molar-refractivity contribution in [2.45, 2.75) is 77.4 Å². The molecule has 0 aliphatic heterocycles. The highest BCUT2D eigenvalue weighted by atomic mass is 14.1. The Morgan fingerprint density at radius 3 is 2.29 bits per heavy atom. The van der Waals surface area contributed by atoms with Crippen LogP contribution < -0.4 is 0 Å². The molecular formula is C13H27B. The maximum atomic E-state index is 2.46. The molecule has 0 radical (unpaired) electrons. The Labute approximate surface area is 91.1 Å². The Morgan fingerprint density at radius 2 is 1.64 bits per heavy atom. The molecule has 1 aliphatic carbocycles. The zero-order valence-corrected chi connectivity index (χ0v) is 10.4. The molecule has 1 saturated carbocycles. The molecule has 0 aromatic carbocycles. The summed E-state index contributed by atoms with van der Waals surface area (Å²) >= 11 is 0. The Hall–Kier alpha value is 0.0649. The first-order valence-electron chi connectivity index (χ1n) is 6.68. The molecule has 1 heteroatoms. The van der Waals surface area contributed by atoms with E-state index < -0.39 is 0 Å². The summed E-state index contributed by atoms with van der Waals surface area (Å²) in [6.45, 7) is 7.20. The molecule has 0 heterocycles. The van der Waals surface area contributed by atoms with Gasteiger partial charge in [0, 0.05) is 0 Å². The van der Waals surface area contributed by atoms with Crippen LogP contribution in [0.4, 0.5) is 0 Å². The van der Waals surface area contributed by atoms with Crippen molar-refractivity contribution in [1.29, 1.82) is 0 Å². The summed E-state index contributed by atoms with van der Waals surface area (Å²) in [6.07, 6.45) is 10.4. The summed E-state index contributed by atoms with van der Waals surface area (Å²) in [5.41, 5.74) is 0. The monoisotopic (exact) mass is 194 g/mol. The van der Waals surface area contributed by atoms with Crippen molar-refractivity contribution >= 4 is 7.28 Å². The maximum absolute atomic E-state index is 2.46. The Kier molecular flexibility index (Phi) is 5.66. The minimum absolute atomic E-state index is 0.896. The summed E-state index contributed by atoms with van der Waals surface area (Å²) in [4.78, 5) is 0. The van der Waals surface area contributed by atoms with Gasteiger partial charge in [0.2, 0.25) is 0 Å². The Bertz CT molecular complexity index is 142. The average Bonchev–Trinajstić information content (AvgIpc) is 2.16. The lowest BCUT2D eigenvalue weighted by Crippen LogP contribution is -2.10. The third kappa shape index (κ3) is 5.07. The van der Waals surface area contributed by atoms with Crippen LogP contribution in [0.3, 0.4) is 0 Å². The first-order valence-corrected chi connectivity index (χ1v) is 6.68. The minimum atomic E-state index is 0.896. The van der Waals surface area contributed by atoms with E-state index in [0.29, 0.717) is 0 Å². The van der Waals surface area contributed by atoms with Crippen LogP contribution in [0.2, 0.25) is 11.6 Å². The molecule has 0 aromatic rings. The Balaban J connectivity index is 2.36. The van der Waals surface area contributed by atoms with E-state index in [-0.39, 0.29) is 0 Å². The highest BCUT2D eigenvalue weighted by Crippen LogP contribution is 2.30. The fourth-order valence-corrected chi connectivity index (χ4v) is 2.96. The molecule has 1 rings (SSSR count). The van der Waals surface area contributed by atoms with E-state index in [0.717, 1.165) is 17.6 Å². The van der Waals surface area contributed by atoms with Gasteiger partial charge in [0.25, 0.3) is 0 Å². The van der Waals surface area contributed by atoms with Crippen molar-refractivity contribution in [3.63, 3.8) is 0 Å². The molecule has 1 fully saturated rings. The second-order valence-electron chi connectivity index (χ2n) is 5.83. The van der Waals surface area contributed by atoms with E-state index in [9.17, 15) is 0 Å². The van der Waals surface area contributed by atoms with E-state index in [1.54, 1.807) is 0 Å². The molecule has 14 heavy (non-hydrogen) atoms. The van der Waals surface area contributed by atoms with Crippen molar-refractivity contribution in [2.75, 3.05) is 0 Å². The second kappa shape index (κ2) is 6.53. The van der Waals surface area contributed by atoms with Crippen LogP contribution in [0.1, 0.15) is 65.7 Å². The standard InChI is InChI=1S/C13H27B/c1-11(2)14-13-9-7-5-4-6-8-12(3)10-13/h11-14H,4-10H2,1-3H3. The molecule has 0 nitrogen and oxygen atoms in total. The van der Waals surface area contributed by atoms with Gasteiger partial charge >= 0.3 is 0 Å². The molecule has 0 N–H and O–H groups in total. The van der Waals surface area contributed by atoms with Gasteiger partial charge in [-0.2, -0.15) is 0 Å².